The van der Waals surface area contributed by atoms with Crippen molar-refractivity contribution in [2.24, 2.45) is 0 Å². The summed E-state index contributed by atoms with van der Waals surface area (Å²) in [5, 5.41) is 7.20. The molecule has 0 atom stereocenters. The number of fused-ring (bicyclic) bond motifs is 7. The van der Waals surface area contributed by atoms with Crippen molar-refractivity contribution >= 4 is 81.3 Å². The standard InChI is InChI=1S/C55H39NOS/c1-55(2,38-19-7-4-8-20-38)39-29-32-48(46(34-39)36-16-5-3-6-17-36)56(40-30-33-51-47(35-40)42-22-11-13-26-50(42)57-51)49-31-28-37-18-9-10-21-41(37)53(49)45-25-15-24-44-43-23-12-14-27-52(43)58-54(44)45/h3-35H,1-2H3. The summed E-state index contributed by atoms with van der Waals surface area (Å²) in [7, 11) is 0. The number of furan rings is 1. The fourth-order valence-electron chi connectivity index (χ4n) is 8.92. The van der Waals surface area contributed by atoms with Gasteiger partial charge in [-0.25, -0.2) is 0 Å². The molecule has 2 aromatic heterocycles. The fraction of sp³-hybridized carbons (Fsp3) is 0.0545. The highest BCUT2D eigenvalue weighted by Gasteiger charge is 2.28. The molecule has 0 aliphatic carbocycles. The summed E-state index contributed by atoms with van der Waals surface area (Å²) in [6.07, 6.45) is 0. The second-order valence-electron chi connectivity index (χ2n) is 15.7. The minimum atomic E-state index is -0.228. The lowest BCUT2D eigenvalue weighted by Gasteiger charge is -2.33. The Balaban J connectivity index is 1.25. The van der Waals surface area contributed by atoms with Crippen LogP contribution in [0.1, 0.15) is 25.0 Å². The lowest BCUT2D eigenvalue weighted by atomic mass is 9.77. The normalized spacial score (nSPS) is 12.0. The Kier molecular flexibility index (Phi) is 8.06. The first-order chi connectivity index (χ1) is 28.5. The summed E-state index contributed by atoms with van der Waals surface area (Å²) < 4.78 is 8.99. The quantitative estimate of drug-likeness (QED) is 0.161. The van der Waals surface area contributed by atoms with E-state index >= 15 is 0 Å². The molecular weight excluding hydrogens is 723 g/mol. The molecule has 0 saturated carbocycles. The van der Waals surface area contributed by atoms with Crippen molar-refractivity contribution in [2.45, 2.75) is 19.3 Å². The fourth-order valence-corrected chi connectivity index (χ4v) is 10.1. The van der Waals surface area contributed by atoms with E-state index in [0.717, 1.165) is 44.6 Å². The predicted octanol–water partition coefficient (Wildman–Crippen LogP) is 16.2. The first-order valence-corrected chi connectivity index (χ1v) is 20.7. The number of rotatable bonds is 7. The van der Waals surface area contributed by atoms with E-state index in [-0.39, 0.29) is 5.41 Å². The van der Waals surface area contributed by atoms with Crippen molar-refractivity contribution in [3.8, 4) is 22.3 Å². The molecule has 0 amide bonds. The average molecular weight is 762 g/mol. The molecule has 0 spiro atoms. The van der Waals surface area contributed by atoms with Gasteiger partial charge < -0.3 is 9.32 Å². The van der Waals surface area contributed by atoms with E-state index in [0.29, 0.717) is 0 Å². The molecule has 0 saturated heterocycles. The molecule has 0 radical (unpaired) electrons. The molecule has 0 fully saturated rings. The van der Waals surface area contributed by atoms with E-state index in [9.17, 15) is 0 Å². The van der Waals surface area contributed by atoms with Gasteiger partial charge in [0, 0.05) is 58.7 Å². The van der Waals surface area contributed by atoms with Gasteiger partial charge in [0.2, 0.25) is 0 Å². The van der Waals surface area contributed by atoms with Crippen LogP contribution in [0.15, 0.2) is 205 Å². The van der Waals surface area contributed by atoms with Gasteiger partial charge in [-0.1, -0.05) is 166 Å². The smallest absolute Gasteiger partial charge is 0.135 e. The molecule has 276 valence electrons. The Morgan fingerprint density at radius 3 is 1.97 bits per heavy atom. The van der Waals surface area contributed by atoms with Crippen LogP contribution in [0.25, 0.3) is 75.1 Å². The molecule has 0 bridgehead atoms. The van der Waals surface area contributed by atoms with Crippen LogP contribution in [0.3, 0.4) is 0 Å². The molecule has 9 aromatic carbocycles. The van der Waals surface area contributed by atoms with Gasteiger partial charge in [-0.2, -0.15) is 0 Å². The number of anilines is 3. The highest BCUT2D eigenvalue weighted by Crippen LogP contribution is 2.51. The zero-order valence-corrected chi connectivity index (χ0v) is 33.1. The van der Waals surface area contributed by atoms with E-state index in [1.54, 1.807) is 0 Å². The Hall–Kier alpha value is -6.94. The van der Waals surface area contributed by atoms with E-state index in [2.05, 4.69) is 213 Å². The van der Waals surface area contributed by atoms with Gasteiger partial charge in [-0.3, -0.25) is 0 Å². The second-order valence-corrected chi connectivity index (χ2v) is 16.7. The van der Waals surface area contributed by atoms with E-state index in [1.165, 1.54) is 58.8 Å². The summed E-state index contributed by atoms with van der Waals surface area (Å²) in [5.41, 5.74) is 12.1. The molecule has 58 heavy (non-hydrogen) atoms. The third kappa shape index (κ3) is 5.54. The van der Waals surface area contributed by atoms with Crippen LogP contribution in [0.4, 0.5) is 17.1 Å². The highest BCUT2D eigenvalue weighted by molar-refractivity contribution is 7.26. The first kappa shape index (κ1) is 34.3. The molecule has 3 heteroatoms. The third-order valence-corrected chi connectivity index (χ3v) is 13.2. The Labute approximate surface area is 341 Å². The summed E-state index contributed by atoms with van der Waals surface area (Å²) in [5.74, 6) is 0. The maximum Gasteiger partial charge on any atom is 0.135 e. The average Bonchev–Trinajstić information content (AvgIpc) is 3.85. The van der Waals surface area contributed by atoms with Crippen LogP contribution in [0.2, 0.25) is 0 Å². The van der Waals surface area contributed by atoms with E-state index in [1.807, 2.05) is 17.4 Å². The van der Waals surface area contributed by atoms with Crippen LogP contribution in [-0.4, -0.2) is 0 Å². The number of hydrogen-bond donors (Lipinski definition) is 0. The maximum atomic E-state index is 6.40. The summed E-state index contributed by atoms with van der Waals surface area (Å²) in [6, 6.07) is 72.9. The van der Waals surface area contributed by atoms with Crippen molar-refractivity contribution in [1.82, 2.24) is 0 Å². The topological polar surface area (TPSA) is 16.4 Å². The van der Waals surface area contributed by atoms with Gasteiger partial charge in [-0.05, 0) is 76.0 Å². The molecule has 11 rings (SSSR count). The zero-order chi connectivity index (χ0) is 38.8. The Bertz CT molecular complexity index is 3320. The second kappa shape index (κ2) is 13.6. The monoisotopic (exact) mass is 761 g/mol. The molecule has 2 nitrogen and oxygen atoms in total. The van der Waals surface area contributed by atoms with Gasteiger partial charge in [0.05, 0.1) is 11.4 Å². The van der Waals surface area contributed by atoms with Crippen LogP contribution in [-0.2, 0) is 5.41 Å². The minimum Gasteiger partial charge on any atom is -0.456 e. The van der Waals surface area contributed by atoms with Crippen molar-refractivity contribution in [3.63, 3.8) is 0 Å². The lowest BCUT2D eigenvalue weighted by Crippen LogP contribution is -2.20. The number of thiophene rings is 1. The number of nitrogens with zero attached hydrogens (tertiary/aromatic N) is 1. The Morgan fingerprint density at radius 2 is 1.12 bits per heavy atom. The molecule has 0 unspecified atom stereocenters. The van der Waals surface area contributed by atoms with Gasteiger partial charge in [0.25, 0.3) is 0 Å². The molecule has 0 aliphatic heterocycles. The van der Waals surface area contributed by atoms with Crippen molar-refractivity contribution in [3.05, 3.63) is 211 Å². The van der Waals surface area contributed by atoms with Gasteiger partial charge in [-0.15, -0.1) is 11.3 Å². The summed E-state index contributed by atoms with van der Waals surface area (Å²) in [4.78, 5) is 2.50. The van der Waals surface area contributed by atoms with E-state index < -0.39 is 0 Å². The largest absolute Gasteiger partial charge is 0.456 e. The highest BCUT2D eigenvalue weighted by atomic mass is 32.1. The molecule has 11 aromatic rings. The molecule has 2 heterocycles. The third-order valence-electron chi connectivity index (χ3n) is 12.0. The first-order valence-electron chi connectivity index (χ1n) is 19.9. The van der Waals surface area contributed by atoms with Crippen LogP contribution >= 0.6 is 11.3 Å². The zero-order valence-electron chi connectivity index (χ0n) is 32.3. The number of benzene rings is 9. The van der Waals surface area contributed by atoms with Crippen LogP contribution < -0.4 is 4.90 Å². The van der Waals surface area contributed by atoms with Crippen molar-refractivity contribution in [2.75, 3.05) is 4.90 Å². The van der Waals surface area contributed by atoms with Crippen LogP contribution in [0, 0.1) is 0 Å². The molecule has 0 N–H and O–H groups in total. The number of hydrogen-bond acceptors (Lipinski definition) is 3. The van der Waals surface area contributed by atoms with E-state index in [4.69, 9.17) is 4.42 Å². The lowest BCUT2D eigenvalue weighted by molar-refractivity contribution is 0.641. The van der Waals surface area contributed by atoms with Crippen molar-refractivity contribution in [1.29, 1.82) is 0 Å². The van der Waals surface area contributed by atoms with Gasteiger partial charge >= 0.3 is 0 Å². The van der Waals surface area contributed by atoms with Crippen LogP contribution in [0.5, 0.6) is 0 Å². The Morgan fingerprint density at radius 1 is 0.448 bits per heavy atom. The van der Waals surface area contributed by atoms with Gasteiger partial charge in [0.1, 0.15) is 11.2 Å². The summed E-state index contributed by atoms with van der Waals surface area (Å²) >= 11 is 1.88. The summed E-state index contributed by atoms with van der Waals surface area (Å²) in [6.45, 7) is 4.66. The van der Waals surface area contributed by atoms with Crippen molar-refractivity contribution < 1.29 is 4.42 Å². The SMILES string of the molecule is CC(C)(c1ccccc1)c1ccc(N(c2ccc3oc4ccccc4c3c2)c2ccc3ccccc3c2-c2cccc3c2sc2ccccc23)c(-c2ccccc2)c1. The number of para-hydroxylation sites is 1. The predicted molar refractivity (Wildman–Crippen MR) is 248 cm³/mol. The van der Waals surface area contributed by atoms with Gasteiger partial charge in [0.15, 0.2) is 0 Å². The minimum absolute atomic E-state index is 0.228. The molecular formula is C55H39NOS. The maximum absolute atomic E-state index is 6.40. The molecule has 0 aliphatic rings.